The van der Waals surface area contributed by atoms with E-state index in [1.54, 1.807) is 0 Å². The molecule has 2 aromatic carbocycles. The molecule has 188 valence electrons. The molecule has 35 heavy (non-hydrogen) atoms. The molecule has 7 heteroatoms. The van der Waals surface area contributed by atoms with E-state index in [1.165, 1.54) is 11.1 Å². The highest BCUT2D eigenvalue weighted by Crippen LogP contribution is 2.44. The number of amides is 2. The first-order valence-electron chi connectivity index (χ1n) is 12.3. The van der Waals surface area contributed by atoms with Crippen molar-refractivity contribution in [2.75, 3.05) is 13.2 Å². The zero-order chi connectivity index (χ0) is 25.5. The molecule has 2 amide bonds. The molecular weight excluding hydrogens is 444 g/mol. The molecule has 0 spiro atoms. The van der Waals surface area contributed by atoms with Crippen LogP contribution in [0.1, 0.15) is 57.6 Å². The Morgan fingerprint density at radius 3 is 1.97 bits per heavy atom. The van der Waals surface area contributed by atoms with Gasteiger partial charge in [0.1, 0.15) is 6.61 Å². The molecule has 0 aromatic heterocycles. The summed E-state index contributed by atoms with van der Waals surface area (Å²) in [4.78, 5) is 36.2. The summed E-state index contributed by atoms with van der Waals surface area (Å²) in [5.41, 5.74) is 4.65. The van der Waals surface area contributed by atoms with Crippen LogP contribution in [0.2, 0.25) is 0 Å². The second-order valence-corrected chi connectivity index (χ2v) is 9.93. The van der Waals surface area contributed by atoms with Crippen LogP contribution in [0.15, 0.2) is 48.5 Å². The molecule has 7 nitrogen and oxygen atoms in total. The standard InChI is InChI=1S/C28H36N2O5/c1-17(2)19(13-26(31)30-25(18(3)4)14-27(32)33)15-29-28(34)35-16-24-22-11-7-5-9-20(22)21-10-6-8-12-23(21)24/h5-12,17-19,24-25H,13-16H2,1-4H3,(H,29,34)(H,30,31)(H,32,33)/t19?,25-/m0/s1. The van der Waals surface area contributed by atoms with E-state index < -0.39 is 18.1 Å². The smallest absolute Gasteiger partial charge is 0.407 e. The fourth-order valence-corrected chi connectivity index (χ4v) is 4.55. The monoisotopic (exact) mass is 480 g/mol. The van der Waals surface area contributed by atoms with E-state index in [2.05, 4.69) is 34.9 Å². The first-order chi connectivity index (χ1) is 16.7. The number of hydrogen-bond acceptors (Lipinski definition) is 4. The number of hydrogen-bond donors (Lipinski definition) is 3. The fraction of sp³-hybridized carbons (Fsp3) is 0.464. The van der Waals surface area contributed by atoms with Crippen molar-refractivity contribution in [3.05, 3.63) is 59.7 Å². The number of benzene rings is 2. The van der Waals surface area contributed by atoms with Gasteiger partial charge >= 0.3 is 12.1 Å². The fourth-order valence-electron chi connectivity index (χ4n) is 4.55. The van der Waals surface area contributed by atoms with Crippen LogP contribution >= 0.6 is 0 Å². The first-order valence-corrected chi connectivity index (χ1v) is 12.3. The number of fused-ring (bicyclic) bond motifs is 3. The molecule has 0 aliphatic heterocycles. The maximum atomic E-state index is 12.6. The lowest BCUT2D eigenvalue weighted by molar-refractivity contribution is -0.138. The number of rotatable bonds is 11. The lowest BCUT2D eigenvalue weighted by Gasteiger charge is -2.24. The molecule has 1 aliphatic carbocycles. The van der Waals surface area contributed by atoms with Gasteiger partial charge in [0.25, 0.3) is 0 Å². The summed E-state index contributed by atoms with van der Waals surface area (Å²) >= 11 is 0. The summed E-state index contributed by atoms with van der Waals surface area (Å²) in [6, 6.07) is 15.9. The predicted molar refractivity (Wildman–Crippen MR) is 135 cm³/mol. The second-order valence-electron chi connectivity index (χ2n) is 9.93. The molecule has 3 rings (SSSR count). The molecule has 0 fully saturated rings. The average molecular weight is 481 g/mol. The number of nitrogens with one attached hydrogen (secondary N) is 2. The lowest BCUT2D eigenvalue weighted by atomic mass is 9.91. The van der Waals surface area contributed by atoms with Gasteiger partial charge in [-0.2, -0.15) is 0 Å². The van der Waals surface area contributed by atoms with Crippen molar-refractivity contribution in [1.29, 1.82) is 0 Å². The lowest BCUT2D eigenvalue weighted by Crippen LogP contribution is -2.42. The van der Waals surface area contributed by atoms with E-state index in [1.807, 2.05) is 52.0 Å². The van der Waals surface area contributed by atoms with Gasteiger partial charge in [0, 0.05) is 24.9 Å². The molecule has 0 heterocycles. The minimum atomic E-state index is -0.943. The largest absolute Gasteiger partial charge is 0.481 e. The van der Waals surface area contributed by atoms with Gasteiger partial charge in [-0.15, -0.1) is 0 Å². The molecule has 3 N–H and O–H groups in total. The number of carbonyl (C=O) groups excluding carboxylic acids is 2. The van der Waals surface area contributed by atoms with Crippen molar-refractivity contribution in [3.63, 3.8) is 0 Å². The first kappa shape index (κ1) is 26.3. The third kappa shape index (κ3) is 6.84. The second kappa shape index (κ2) is 11.9. The summed E-state index contributed by atoms with van der Waals surface area (Å²) in [6.45, 7) is 8.28. The summed E-state index contributed by atoms with van der Waals surface area (Å²) in [5.74, 6) is -1.12. The maximum Gasteiger partial charge on any atom is 0.407 e. The van der Waals surface area contributed by atoms with Crippen molar-refractivity contribution in [1.82, 2.24) is 10.6 Å². The minimum Gasteiger partial charge on any atom is -0.481 e. The van der Waals surface area contributed by atoms with Crippen LogP contribution in [0.3, 0.4) is 0 Å². The Morgan fingerprint density at radius 2 is 1.46 bits per heavy atom. The maximum absolute atomic E-state index is 12.6. The Balaban J connectivity index is 1.53. The Bertz CT molecular complexity index is 1000. The van der Waals surface area contributed by atoms with E-state index in [9.17, 15) is 14.4 Å². The molecule has 2 atom stereocenters. The third-order valence-corrected chi connectivity index (χ3v) is 6.79. The van der Waals surface area contributed by atoms with Gasteiger partial charge in [0.05, 0.1) is 6.42 Å². The van der Waals surface area contributed by atoms with Gasteiger partial charge in [-0.1, -0.05) is 76.2 Å². The molecule has 0 radical (unpaired) electrons. The van der Waals surface area contributed by atoms with Crippen molar-refractivity contribution in [2.45, 2.75) is 52.5 Å². The van der Waals surface area contributed by atoms with E-state index in [-0.39, 0.29) is 49.0 Å². The van der Waals surface area contributed by atoms with Gasteiger partial charge in [0.15, 0.2) is 0 Å². The summed E-state index contributed by atoms with van der Waals surface area (Å²) in [7, 11) is 0. The minimum absolute atomic E-state index is 0.00602. The van der Waals surface area contributed by atoms with Crippen LogP contribution < -0.4 is 10.6 Å². The molecule has 1 unspecified atom stereocenters. The summed E-state index contributed by atoms with van der Waals surface area (Å²) in [5, 5.41) is 14.7. The predicted octanol–water partition coefficient (Wildman–Crippen LogP) is 4.80. The van der Waals surface area contributed by atoms with E-state index in [0.717, 1.165) is 11.1 Å². The number of ether oxygens (including phenoxy) is 1. The summed E-state index contributed by atoms with van der Waals surface area (Å²) < 4.78 is 5.60. The van der Waals surface area contributed by atoms with Crippen molar-refractivity contribution >= 4 is 18.0 Å². The molecule has 0 saturated carbocycles. The van der Waals surface area contributed by atoms with Crippen LogP contribution in [0, 0.1) is 17.8 Å². The Morgan fingerprint density at radius 1 is 0.886 bits per heavy atom. The topological polar surface area (TPSA) is 105 Å². The van der Waals surface area contributed by atoms with Gasteiger partial charge in [-0.3, -0.25) is 9.59 Å². The molecular formula is C28H36N2O5. The van der Waals surface area contributed by atoms with Gasteiger partial charge in [-0.25, -0.2) is 4.79 Å². The normalized spacial score (nSPS) is 14.2. The third-order valence-electron chi connectivity index (χ3n) is 6.79. The highest BCUT2D eigenvalue weighted by Gasteiger charge is 2.29. The zero-order valence-electron chi connectivity index (χ0n) is 20.9. The highest BCUT2D eigenvalue weighted by molar-refractivity contribution is 5.79. The van der Waals surface area contributed by atoms with Crippen molar-refractivity contribution < 1.29 is 24.2 Å². The van der Waals surface area contributed by atoms with Gasteiger partial charge in [0.2, 0.25) is 5.91 Å². The van der Waals surface area contributed by atoms with Crippen LogP contribution in [-0.2, 0) is 14.3 Å². The van der Waals surface area contributed by atoms with Crippen molar-refractivity contribution in [3.8, 4) is 11.1 Å². The number of carboxylic acids is 1. The molecule has 1 aliphatic rings. The van der Waals surface area contributed by atoms with E-state index >= 15 is 0 Å². The average Bonchev–Trinajstić information content (AvgIpc) is 3.13. The quantitative estimate of drug-likeness (QED) is 0.428. The number of aliphatic carboxylic acids is 1. The van der Waals surface area contributed by atoms with Gasteiger partial charge < -0.3 is 20.5 Å². The summed E-state index contributed by atoms with van der Waals surface area (Å²) in [6.07, 6.45) is -0.429. The Labute approximate surface area is 207 Å². The van der Waals surface area contributed by atoms with E-state index in [0.29, 0.717) is 6.54 Å². The number of carbonyl (C=O) groups is 3. The number of alkyl carbamates (subject to hydrolysis) is 1. The molecule has 0 saturated heterocycles. The highest BCUT2D eigenvalue weighted by atomic mass is 16.5. The van der Waals surface area contributed by atoms with Crippen LogP contribution in [0.25, 0.3) is 11.1 Å². The van der Waals surface area contributed by atoms with Crippen LogP contribution in [0.5, 0.6) is 0 Å². The SMILES string of the molecule is CC(C)C(CNC(=O)OCC1c2ccccc2-c2ccccc21)CC(=O)N[C@@H](CC(=O)O)C(C)C. The molecule has 2 aromatic rings. The molecule has 0 bridgehead atoms. The van der Waals surface area contributed by atoms with Crippen LogP contribution in [-0.4, -0.2) is 42.3 Å². The van der Waals surface area contributed by atoms with E-state index in [4.69, 9.17) is 9.84 Å². The van der Waals surface area contributed by atoms with Crippen LogP contribution in [0.4, 0.5) is 4.79 Å². The van der Waals surface area contributed by atoms with Gasteiger partial charge in [-0.05, 0) is 40.0 Å². The van der Waals surface area contributed by atoms with Crippen molar-refractivity contribution in [2.24, 2.45) is 17.8 Å². The Hall–Kier alpha value is -3.35. The zero-order valence-corrected chi connectivity index (χ0v) is 20.9. The number of carboxylic acid groups (broad SMARTS) is 1. The Kier molecular flexibility index (Phi) is 8.90.